The van der Waals surface area contributed by atoms with Crippen LogP contribution in [0.3, 0.4) is 0 Å². The van der Waals surface area contributed by atoms with Gasteiger partial charge in [-0.3, -0.25) is 0 Å². The number of nitrogens with one attached hydrogen (secondary N) is 1. The molecule has 1 unspecified atom stereocenters. The summed E-state index contributed by atoms with van der Waals surface area (Å²) in [6, 6.07) is 1.91. The van der Waals surface area contributed by atoms with Crippen molar-refractivity contribution in [2.45, 2.75) is 19.4 Å². The number of hydrogen-bond donors (Lipinski definition) is 2. The summed E-state index contributed by atoms with van der Waals surface area (Å²) < 4.78 is 0. The fraction of sp³-hybridized carbons (Fsp3) is 0.500. The zero-order valence-corrected chi connectivity index (χ0v) is 11.6. The second-order valence-electron chi connectivity index (χ2n) is 3.51. The fourth-order valence-corrected chi connectivity index (χ4v) is 2.18. The summed E-state index contributed by atoms with van der Waals surface area (Å²) >= 11 is 13.6. The van der Waals surface area contributed by atoms with Crippen LogP contribution in [0.4, 0.5) is 11.6 Å². The van der Waals surface area contributed by atoms with E-state index in [0.29, 0.717) is 27.7 Å². The Labute approximate surface area is 110 Å². The van der Waals surface area contributed by atoms with Crippen LogP contribution in [0.5, 0.6) is 0 Å². The lowest BCUT2D eigenvalue weighted by Gasteiger charge is -2.15. The first-order valence-corrected chi connectivity index (χ1v) is 7.06. The van der Waals surface area contributed by atoms with Gasteiger partial charge < -0.3 is 11.1 Å². The molecule has 1 heterocycles. The Balaban J connectivity index is 2.69. The number of nitrogens with zero attached hydrogens (tertiary/aromatic N) is 1. The lowest BCUT2D eigenvalue weighted by Crippen LogP contribution is -2.17. The molecule has 0 aliphatic carbocycles. The SMILES string of the molecule is CSCCC(C)Nc1nc(N)c(Cl)cc1Cl. The van der Waals surface area contributed by atoms with Crippen LogP contribution in [0, 0.1) is 0 Å². The molecule has 0 aromatic carbocycles. The molecule has 3 N–H and O–H groups in total. The Morgan fingerprint density at radius 2 is 2.19 bits per heavy atom. The largest absolute Gasteiger partial charge is 0.382 e. The Morgan fingerprint density at radius 3 is 2.81 bits per heavy atom. The van der Waals surface area contributed by atoms with Crippen molar-refractivity contribution in [1.82, 2.24) is 4.98 Å². The molecule has 0 bridgehead atoms. The van der Waals surface area contributed by atoms with Gasteiger partial charge in [-0.15, -0.1) is 0 Å². The minimum Gasteiger partial charge on any atom is -0.382 e. The predicted molar refractivity (Wildman–Crippen MR) is 74.8 cm³/mol. The molecule has 6 heteroatoms. The zero-order valence-electron chi connectivity index (χ0n) is 9.26. The zero-order chi connectivity index (χ0) is 12.1. The third-order valence-corrected chi connectivity index (χ3v) is 3.33. The second kappa shape index (κ2) is 6.42. The van der Waals surface area contributed by atoms with E-state index in [1.165, 1.54) is 0 Å². The molecular weight excluding hydrogens is 265 g/mol. The third-order valence-electron chi connectivity index (χ3n) is 2.09. The van der Waals surface area contributed by atoms with E-state index in [-0.39, 0.29) is 0 Å². The normalized spacial score (nSPS) is 12.5. The van der Waals surface area contributed by atoms with E-state index in [4.69, 9.17) is 28.9 Å². The molecule has 0 saturated heterocycles. The van der Waals surface area contributed by atoms with Gasteiger partial charge in [0.2, 0.25) is 0 Å². The molecule has 0 fully saturated rings. The van der Waals surface area contributed by atoms with Gasteiger partial charge in [-0.25, -0.2) is 4.98 Å². The van der Waals surface area contributed by atoms with Crippen LogP contribution in [0.2, 0.25) is 10.0 Å². The molecular formula is C10H15Cl2N3S. The number of anilines is 2. The maximum Gasteiger partial charge on any atom is 0.147 e. The quantitative estimate of drug-likeness (QED) is 0.866. The topological polar surface area (TPSA) is 50.9 Å². The van der Waals surface area contributed by atoms with Crippen LogP contribution in [0.25, 0.3) is 0 Å². The first-order valence-electron chi connectivity index (χ1n) is 4.91. The summed E-state index contributed by atoms with van der Waals surface area (Å²) in [5.41, 5.74) is 5.62. The van der Waals surface area contributed by atoms with E-state index in [0.717, 1.165) is 12.2 Å². The number of nitrogen functional groups attached to an aromatic ring is 1. The van der Waals surface area contributed by atoms with Crippen LogP contribution < -0.4 is 11.1 Å². The van der Waals surface area contributed by atoms with Gasteiger partial charge in [-0.05, 0) is 31.4 Å². The molecule has 1 atom stereocenters. The summed E-state index contributed by atoms with van der Waals surface area (Å²) in [7, 11) is 0. The lowest BCUT2D eigenvalue weighted by atomic mass is 10.2. The number of thioether (sulfide) groups is 1. The van der Waals surface area contributed by atoms with Crippen LogP contribution in [0.15, 0.2) is 6.07 Å². The summed E-state index contributed by atoms with van der Waals surface area (Å²) in [6.07, 6.45) is 3.12. The van der Waals surface area contributed by atoms with Crippen molar-refractivity contribution in [3.63, 3.8) is 0 Å². The molecule has 0 aliphatic rings. The number of nitrogens with two attached hydrogens (primary N) is 1. The van der Waals surface area contributed by atoms with E-state index in [9.17, 15) is 0 Å². The number of pyridine rings is 1. The van der Waals surface area contributed by atoms with Gasteiger partial charge >= 0.3 is 0 Å². The Hall–Kier alpha value is -0.320. The van der Waals surface area contributed by atoms with Gasteiger partial charge in [0.25, 0.3) is 0 Å². The van der Waals surface area contributed by atoms with Crippen LogP contribution in [-0.2, 0) is 0 Å². The van der Waals surface area contributed by atoms with Crippen LogP contribution >= 0.6 is 35.0 Å². The highest BCUT2D eigenvalue weighted by molar-refractivity contribution is 7.98. The first kappa shape index (κ1) is 13.7. The molecule has 1 aromatic heterocycles. The van der Waals surface area contributed by atoms with Crippen molar-refractivity contribution in [3.8, 4) is 0 Å². The van der Waals surface area contributed by atoms with E-state index in [1.54, 1.807) is 6.07 Å². The second-order valence-corrected chi connectivity index (χ2v) is 5.31. The Kier molecular flexibility index (Phi) is 5.52. The van der Waals surface area contributed by atoms with Crippen molar-refractivity contribution >= 4 is 46.6 Å². The van der Waals surface area contributed by atoms with Gasteiger partial charge in [-0.1, -0.05) is 23.2 Å². The van der Waals surface area contributed by atoms with Gasteiger partial charge in [-0.2, -0.15) is 11.8 Å². The molecule has 3 nitrogen and oxygen atoms in total. The van der Waals surface area contributed by atoms with Crippen molar-refractivity contribution < 1.29 is 0 Å². The van der Waals surface area contributed by atoms with Crippen LogP contribution in [0.1, 0.15) is 13.3 Å². The van der Waals surface area contributed by atoms with E-state index in [1.807, 2.05) is 11.8 Å². The van der Waals surface area contributed by atoms with Crippen molar-refractivity contribution in [2.24, 2.45) is 0 Å². The van der Waals surface area contributed by atoms with Crippen LogP contribution in [-0.4, -0.2) is 23.0 Å². The average Bonchev–Trinajstić information content (AvgIpc) is 2.23. The monoisotopic (exact) mass is 279 g/mol. The smallest absolute Gasteiger partial charge is 0.147 e. The van der Waals surface area contributed by atoms with E-state index >= 15 is 0 Å². The predicted octanol–water partition coefficient (Wildman–Crippen LogP) is 3.52. The molecule has 0 amide bonds. The van der Waals surface area contributed by atoms with E-state index < -0.39 is 0 Å². The van der Waals surface area contributed by atoms with Gasteiger partial charge in [0.15, 0.2) is 0 Å². The van der Waals surface area contributed by atoms with Crippen molar-refractivity contribution in [1.29, 1.82) is 0 Å². The maximum atomic E-state index is 6.01. The van der Waals surface area contributed by atoms with Crippen molar-refractivity contribution in [3.05, 3.63) is 16.1 Å². The first-order chi connectivity index (χ1) is 7.54. The lowest BCUT2D eigenvalue weighted by molar-refractivity contribution is 0.767. The van der Waals surface area contributed by atoms with Gasteiger partial charge in [0.1, 0.15) is 11.6 Å². The average molecular weight is 280 g/mol. The maximum absolute atomic E-state index is 6.01. The highest BCUT2D eigenvalue weighted by atomic mass is 35.5. The molecule has 0 radical (unpaired) electrons. The Morgan fingerprint density at radius 1 is 1.50 bits per heavy atom. The summed E-state index contributed by atoms with van der Waals surface area (Å²) in [5, 5.41) is 4.10. The molecule has 0 aliphatic heterocycles. The molecule has 1 aromatic rings. The molecule has 90 valence electrons. The highest BCUT2D eigenvalue weighted by Gasteiger charge is 2.09. The number of rotatable bonds is 5. The summed E-state index contributed by atoms with van der Waals surface area (Å²) in [6.45, 7) is 2.08. The summed E-state index contributed by atoms with van der Waals surface area (Å²) in [4.78, 5) is 4.12. The van der Waals surface area contributed by atoms with Gasteiger partial charge in [0, 0.05) is 6.04 Å². The number of hydrogen-bond acceptors (Lipinski definition) is 4. The van der Waals surface area contributed by atoms with E-state index in [2.05, 4.69) is 23.5 Å². The molecule has 1 rings (SSSR count). The fourth-order valence-electron chi connectivity index (χ4n) is 1.18. The highest BCUT2D eigenvalue weighted by Crippen LogP contribution is 2.27. The molecule has 0 saturated carbocycles. The standard InChI is InChI=1S/C10H15Cl2N3S/c1-6(3-4-16-2)14-10-8(12)5-7(11)9(13)15-10/h5-6H,3-4H2,1-2H3,(H3,13,14,15). The molecule has 16 heavy (non-hydrogen) atoms. The third kappa shape index (κ3) is 3.92. The van der Waals surface area contributed by atoms with Crippen molar-refractivity contribution in [2.75, 3.05) is 23.1 Å². The number of halogens is 2. The van der Waals surface area contributed by atoms with Gasteiger partial charge in [0.05, 0.1) is 10.0 Å². The molecule has 0 spiro atoms. The number of aromatic nitrogens is 1. The summed E-state index contributed by atoms with van der Waals surface area (Å²) in [5.74, 6) is 1.98. The minimum absolute atomic E-state index is 0.297. The minimum atomic E-state index is 0.297. The Bertz CT molecular complexity index is 360.